The topological polar surface area (TPSA) is 122 Å². The molecule has 0 atom stereocenters. The van der Waals surface area contributed by atoms with Crippen molar-refractivity contribution in [2.75, 3.05) is 26.1 Å². The van der Waals surface area contributed by atoms with E-state index in [-0.39, 0.29) is 21.7 Å². The number of hydrogen-bond donors (Lipinski definition) is 2. The quantitative estimate of drug-likeness (QED) is 0.340. The van der Waals surface area contributed by atoms with E-state index in [1.54, 1.807) is 18.4 Å². The minimum atomic E-state index is -3.28. The van der Waals surface area contributed by atoms with Crippen molar-refractivity contribution in [1.82, 2.24) is 10.2 Å². The number of amidine groups is 1. The highest BCUT2D eigenvalue weighted by molar-refractivity contribution is 8.02. The molecule has 31 heavy (non-hydrogen) atoms. The summed E-state index contributed by atoms with van der Waals surface area (Å²) in [6, 6.07) is 6.45. The molecule has 0 saturated carbocycles. The number of carbonyl (C=O) groups is 2. The molecule has 8 nitrogen and oxygen atoms in total. The van der Waals surface area contributed by atoms with Crippen LogP contribution in [-0.4, -0.2) is 57.1 Å². The van der Waals surface area contributed by atoms with Crippen molar-refractivity contribution >= 4 is 39.2 Å². The van der Waals surface area contributed by atoms with Crippen molar-refractivity contribution < 1.29 is 18.0 Å². The van der Waals surface area contributed by atoms with Gasteiger partial charge in [-0.1, -0.05) is 32.9 Å². The molecule has 0 aliphatic rings. The molecule has 0 unspecified atom stereocenters. The SMILES string of the molecule is CS/C(NCc1ccc(S(C)(=O)=O)cc1)=C(\C(=O)N(C)C(C)=O)C(N)=NCC(C)(C)C. The monoisotopic (exact) mass is 468 g/mol. The summed E-state index contributed by atoms with van der Waals surface area (Å²) >= 11 is 1.28. The average Bonchev–Trinajstić information content (AvgIpc) is 2.67. The van der Waals surface area contributed by atoms with Gasteiger partial charge in [0.25, 0.3) is 5.91 Å². The molecule has 0 fully saturated rings. The van der Waals surface area contributed by atoms with Gasteiger partial charge in [-0.3, -0.25) is 19.5 Å². The standard InChI is InChI=1S/C21H32N4O4S2/c1-14(26)25(5)20(27)17(18(22)24-13-21(2,3)4)19(30-6)23-12-15-8-10-16(11-9-15)31(7,28)29/h8-11,23H,12-13H2,1-7H3,(H2,22,24)/b19-17-. The molecule has 2 amide bonds. The van der Waals surface area contributed by atoms with Crippen LogP contribution in [0.2, 0.25) is 0 Å². The summed E-state index contributed by atoms with van der Waals surface area (Å²) in [5.74, 6) is -0.910. The molecule has 0 bridgehead atoms. The molecule has 1 aromatic rings. The van der Waals surface area contributed by atoms with Crippen molar-refractivity contribution in [1.29, 1.82) is 0 Å². The van der Waals surface area contributed by atoms with Gasteiger partial charge in [-0.05, 0) is 29.4 Å². The largest absolute Gasteiger partial charge is 0.383 e. The fourth-order valence-electron chi connectivity index (χ4n) is 2.33. The van der Waals surface area contributed by atoms with Gasteiger partial charge in [-0.2, -0.15) is 0 Å². The molecule has 0 aliphatic heterocycles. The van der Waals surface area contributed by atoms with Gasteiger partial charge in [0, 0.05) is 33.3 Å². The summed E-state index contributed by atoms with van der Waals surface area (Å²) < 4.78 is 23.2. The second-order valence-electron chi connectivity index (χ2n) is 8.32. The number of sulfone groups is 1. The van der Waals surface area contributed by atoms with Crippen LogP contribution in [0.5, 0.6) is 0 Å². The molecule has 10 heteroatoms. The fourth-order valence-corrected chi connectivity index (χ4v) is 3.58. The van der Waals surface area contributed by atoms with Gasteiger partial charge in [0.1, 0.15) is 11.4 Å². The third kappa shape index (κ3) is 8.37. The van der Waals surface area contributed by atoms with Gasteiger partial charge in [-0.25, -0.2) is 8.42 Å². The number of aliphatic imine (C=N–C) groups is 1. The Bertz CT molecular complexity index is 976. The minimum Gasteiger partial charge on any atom is -0.383 e. The number of rotatable bonds is 8. The van der Waals surface area contributed by atoms with E-state index >= 15 is 0 Å². The van der Waals surface area contributed by atoms with Gasteiger partial charge in [0.15, 0.2) is 9.84 Å². The van der Waals surface area contributed by atoms with Crippen LogP contribution in [0.1, 0.15) is 33.3 Å². The van der Waals surface area contributed by atoms with Crippen molar-refractivity contribution in [2.24, 2.45) is 16.1 Å². The Labute approximate surface area is 189 Å². The third-order valence-electron chi connectivity index (χ3n) is 4.21. The Morgan fingerprint density at radius 2 is 1.74 bits per heavy atom. The van der Waals surface area contributed by atoms with E-state index in [1.807, 2.05) is 20.8 Å². The smallest absolute Gasteiger partial charge is 0.266 e. The molecule has 0 spiro atoms. The van der Waals surface area contributed by atoms with Crippen LogP contribution < -0.4 is 11.1 Å². The molecular weight excluding hydrogens is 436 g/mol. The van der Waals surface area contributed by atoms with Crippen LogP contribution in [-0.2, 0) is 26.0 Å². The summed E-state index contributed by atoms with van der Waals surface area (Å²) in [6.07, 6.45) is 2.94. The lowest BCUT2D eigenvalue weighted by atomic mass is 9.97. The molecule has 1 rings (SSSR count). The summed E-state index contributed by atoms with van der Waals surface area (Å²) in [5, 5.41) is 3.64. The minimum absolute atomic E-state index is 0.0531. The first-order chi connectivity index (χ1) is 14.2. The van der Waals surface area contributed by atoms with Crippen LogP contribution in [0.4, 0.5) is 0 Å². The Kier molecular flexibility index (Phi) is 9.31. The summed E-state index contributed by atoms with van der Waals surface area (Å²) in [4.78, 5) is 30.3. The van der Waals surface area contributed by atoms with Gasteiger partial charge >= 0.3 is 0 Å². The van der Waals surface area contributed by atoms with E-state index in [2.05, 4.69) is 10.3 Å². The lowest BCUT2D eigenvalue weighted by Crippen LogP contribution is -2.38. The predicted octanol–water partition coefficient (Wildman–Crippen LogP) is 2.16. The number of imide groups is 1. The van der Waals surface area contributed by atoms with E-state index in [4.69, 9.17) is 5.73 Å². The maximum atomic E-state index is 13.0. The highest BCUT2D eigenvalue weighted by Gasteiger charge is 2.25. The van der Waals surface area contributed by atoms with Gasteiger partial charge in [0.05, 0.1) is 9.92 Å². The Hall–Kier alpha value is -2.33. The molecule has 0 radical (unpaired) electrons. The number of amides is 2. The summed E-state index contributed by atoms with van der Waals surface area (Å²) in [5.41, 5.74) is 7.01. The second kappa shape index (κ2) is 10.8. The van der Waals surface area contributed by atoms with E-state index in [0.717, 1.165) is 16.7 Å². The molecule has 0 aromatic heterocycles. The number of nitrogens with two attached hydrogens (primary N) is 1. The molecule has 0 aliphatic carbocycles. The van der Waals surface area contributed by atoms with Gasteiger partial charge in [-0.15, -0.1) is 11.8 Å². The first-order valence-electron chi connectivity index (χ1n) is 9.57. The summed E-state index contributed by atoms with van der Waals surface area (Å²) in [7, 11) is -1.88. The van der Waals surface area contributed by atoms with Gasteiger partial charge in [0.2, 0.25) is 5.91 Å². The van der Waals surface area contributed by atoms with Gasteiger partial charge < -0.3 is 11.1 Å². The van der Waals surface area contributed by atoms with E-state index < -0.39 is 21.7 Å². The van der Waals surface area contributed by atoms with Crippen LogP contribution in [0.3, 0.4) is 0 Å². The second-order valence-corrected chi connectivity index (χ2v) is 11.2. The molecule has 1 aromatic carbocycles. The molecule has 3 N–H and O–H groups in total. The summed E-state index contributed by atoms with van der Waals surface area (Å²) in [6.45, 7) is 8.05. The molecule has 0 saturated heterocycles. The number of likely N-dealkylation sites (N-methyl/N-ethyl adjacent to an activating group) is 1. The lowest BCUT2D eigenvalue weighted by molar-refractivity contribution is -0.139. The molecule has 0 heterocycles. The molecule has 172 valence electrons. The van der Waals surface area contributed by atoms with Crippen LogP contribution in [0.15, 0.2) is 44.8 Å². The maximum absolute atomic E-state index is 13.0. The number of benzene rings is 1. The Morgan fingerprint density at radius 1 is 1.19 bits per heavy atom. The third-order valence-corrected chi connectivity index (χ3v) is 6.09. The fraction of sp³-hybridized carbons (Fsp3) is 0.476. The highest BCUT2D eigenvalue weighted by Crippen LogP contribution is 2.20. The van der Waals surface area contributed by atoms with E-state index in [1.165, 1.54) is 37.9 Å². The number of thioether (sulfide) groups is 1. The highest BCUT2D eigenvalue weighted by atomic mass is 32.2. The Balaban J connectivity index is 3.30. The zero-order valence-corrected chi connectivity index (χ0v) is 20.8. The van der Waals surface area contributed by atoms with E-state index in [9.17, 15) is 18.0 Å². The maximum Gasteiger partial charge on any atom is 0.266 e. The molecular formula is C21H32N4O4S2. The number of nitrogens with zero attached hydrogens (tertiary/aromatic N) is 2. The van der Waals surface area contributed by atoms with Crippen LogP contribution >= 0.6 is 11.8 Å². The predicted molar refractivity (Wildman–Crippen MR) is 126 cm³/mol. The first kappa shape index (κ1) is 26.7. The average molecular weight is 469 g/mol. The number of hydrogen-bond acceptors (Lipinski definition) is 7. The van der Waals surface area contributed by atoms with Crippen molar-refractivity contribution in [3.8, 4) is 0 Å². The normalized spacial score (nSPS) is 13.5. The van der Waals surface area contributed by atoms with Crippen LogP contribution in [0.25, 0.3) is 0 Å². The Morgan fingerprint density at radius 3 is 2.16 bits per heavy atom. The first-order valence-corrected chi connectivity index (χ1v) is 12.7. The zero-order chi connectivity index (χ0) is 24.0. The van der Waals surface area contributed by atoms with Crippen LogP contribution in [0, 0.1) is 5.41 Å². The van der Waals surface area contributed by atoms with Crippen molar-refractivity contribution in [3.05, 3.63) is 40.4 Å². The lowest BCUT2D eigenvalue weighted by Gasteiger charge is -2.20. The zero-order valence-electron chi connectivity index (χ0n) is 19.1. The number of nitrogens with one attached hydrogen (secondary N) is 1. The number of carbonyl (C=O) groups excluding carboxylic acids is 2. The van der Waals surface area contributed by atoms with Crippen molar-refractivity contribution in [3.63, 3.8) is 0 Å². The van der Waals surface area contributed by atoms with Crippen molar-refractivity contribution in [2.45, 2.75) is 39.1 Å². The van der Waals surface area contributed by atoms with E-state index in [0.29, 0.717) is 18.1 Å².